The van der Waals surface area contributed by atoms with Gasteiger partial charge in [0.1, 0.15) is 0 Å². The molecule has 2 saturated heterocycles. The number of hydrogen-bond acceptors (Lipinski definition) is 3. The Kier molecular flexibility index (Phi) is 3.88. The fourth-order valence-corrected chi connectivity index (χ4v) is 3.23. The Bertz CT molecular complexity index is 221. The molecule has 0 spiro atoms. The largest absolute Gasteiger partial charge is 0.314 e. The van der Waals surface area contributed by atoms with E-state index in [1.807, 2.05) is 0 Å². The topological polar surface area (TPSA) is 18.5 Å². The maximum absolute atomic E-state index is 3.44. The van der Waals surface area contributed by atoms with Crippen LogP contribution in [0.25, 0.3) is 0 Å². The predicted octanol–water partition coefficient (Wildman–Crippen LogP) is 1.15. The van der Waals surface area contributed by atoms with Gasteiger partial charge in [-0.2, -0.15) is 0 Å². The van der Waals surface area contributed by atoms with E-state index in [1.165, 1.54) is 52.1 Å². The smallest absolute Gasteiger partial charge is 0.0241 e. The molecule has 0 aromatic rings. The van der Waals surface area contributed by atoms with Gasteiger partial charge in [0.15, 0.2) is 0 Å². The summed E-state index contributed by atoms with van der Waals surface area (Å²) in [7, 11) is 0. The Hall–Kier alpha value is -0.120. The van der Waals surface area contributed by atoms with Crippen LogP contribution in [0.15, 0.2) is 0 Å². The van der Waals surface area contributed by atoms with Gasteiger partial charge >= 0.3 is 0 Å². The van der Waals surface area contributed by atoms with Gasteiger partial charge in [-0.15, -0.1) is 0 Å². The van der Waals surface area contributed by atoms with Gasteiger partial charge in [-0.25, -0.2) is 0 Å². The zero-order chi connectivity index (χ0) is 11.6. The Labute approximate surface area is 100 Å². The molecule has 3 nitrogen and oxygen atoms in total. The van der Waals surface area contributed by atoms with Crippen molar-refractivity contribution in [3.8, 4) is 0 Å². The van der Waals surface area contributed by atoms with Gasteiger partial charge in [0.25, 0.3) is 0 Å². The first-order valence-electron chi connectivity index (χ1n) is 6.83. The van der Waals surface area contributed by atoms with E-state index < -0.39 is 0 Å². The van der Waals surface area contributed by atoms with Crippen molar-refractivity contribution in [1.82, 2.24) is 15.1 Å². The molecule has 0 amide bonds. The molecule has 0 aliphatic carbocycles. The number of hydrogen-bond donors (Lipinski definition) is 1. The molecule has 0 saturated carbocycles. The molecule has 16 heavy (non-hydrogen) atoms. The normalized spacial score (nSPS) is 32.1. The van der Waals surface area contributed by atoms with Gasteiger partial charge in [-0.05, 0) is 33.2 Å². The van der Waals surface area contributed by atoms with E-state index in [0.717, 1.165) is 6.04 Å². The number of piperazine rings is 1. The second kappa shape index (κ2) is 5.03. The molecule has 2 aliphatic heterocycles. The monoisotopic (exact) mass is 225 g/mol. The highest BCUT2D eigenvalue weighted by Crippen LogP contribution is 2.31. The van der Waals surface area contributed by atoms with Gasteiger partial charge < -0.3 is 5.32 Å². The van der Waals surface area contributed by atoms with Crippen LogP contribution in [0, 0.1) is 0 Å². The number of nitrogens with one attached hydrogen (secondary N) is 1. The minimum absolute atomic E-state index is 0.408. The van der Waals surface area contributed by atoms with Gasteiger partial charge in [0.2, 0.25) is 0 Å². The van der Waals surface area contributed by atoms with Crippen LogP contribution in [0.5, 0.6) is 0 Å². The SMILES string of the molecule is CCCN1CC(N2CCNCC2)CC1(C)C. The molecule has 0 aromatic carbocycles. The molecule has 2 aliphatic rings. The molecule has 94 valence electrons. The molecule has 2 heterocycles. The fourth-order valence-electron chi connectivity index (χ4n) is 3.23. The first kappa shape index (κ1) is 12.3. The molecular weight excluding hydrogens is 198 g/mol. The lowest BCUT2D eigenvalue weighted by molar-refractivity contribution is 0.163. The molecule has 2 fully saturated rings. The zero-order valence-corrected chi connectivity index (χ0v) is 11.1. The lowest BCUT2D eigenvalue weighted by atomic mass is 9.99. The van der Waals surface area contributed by atoms with E-state index in [4.69, 9.17) is 0 Å². The van der Waals surface area contributed by atoms with Gasteiger partial charge in [0, 0.05) is 44.3 Å². The first-order valence-corrected chi connectivity index (χ1v) is 6.83. The van der Waals surface area contributed by atoms with E-state index in [-0.39, 0.29) is 0 Å². The second-order valence-corrected chi connectivity index (χ2v) is 5.90. The zero-order valence-electron chi connectivity index (χ0n) is 11.1. The summed E-state index contributed by atoms with van der Waals surface area (Å²) in [5, 5.41) is 3.44. The molecular formula is C13H27N3. The van der Waals surface area contributed by atoms with E-state index >= 15 is 0 Å². The highest BCUT2D eigenvalue weighted by Gasteiger charge is 2.40. The molecule has 2 rings (SSSR count). The highest BCUT2D eigenvalue weighted by molar-refractivity contribution is 4.97. The van der Waals surface area contributed by atoms with Crippen molar-refractivity contribution >= 4 is 0 Å². The molecule has 0 bridgehead atoms. The average molecular weight is 225 g/mol. The van der Waals surface area contributed by atoms with E-state index in [2.05, 4.69) is 35.9 Å². The van der Waals surface area contributed by atoms with Crippen molar-refractivity contribution in [2.24, 2.45) is 0 Å². The van der Waals surface area contributed by atoms with Crippen LogP contribution in [0.2, 0.25) is 0 Å². The lowest BCUT2D eigenvalue weighted by Crippen LogP contribution is -2.49. The third-order valence-corrected chi connectivity index (χ3v) is 4.18. The summed E-state index contributed by atoms with van der Waals surface area (Å²) >= 11 is 0. The van der Waals surface area contributed by atoms with Crippen molar-refractivity contribution in [3.05, 3.63) is 0 Å². The maximum Gasteiger partial charge on any atom is 0.0241 e. The van der Waals surface area contributed by atoms with Crippen LogP contribution in [0.3, 0.4) is 0 Å². The fraction of sp³-hybridized carbons (Fsp3) is 1.00. The Morgan fingerprint density at radius 3 is 2.56 bits per heavy atom. The maximum atomic E-state index is 3.44. The average Bonchev–Trinajstić information content (AvgIpc) is 2.57. The van der Waals surface area contributed by atoms with Crippen LogP contribution in [0.4, 0.5) is 0 Å². The van der Waals surface area contributed by atoms with Crippen molar-refractivity contribution in [2.75, 3.05) is 39.3 Å². The standard InChI is InChI=1S/C13H27N3/c1-4-7-16-11-12(10-13(16,2)3)15-8-5-14-6-9-15/h12,14H,4-11H2,1-3H3. The van der Waals surface area contributed by atoms with Crippen LogP contribution in [-0.4, -0.2) is 60.6 Å². The quantitative estimate of drug-likeness (QED) is 0.777. The van der Waals surface area contributed by atoms with Gasteiger partial charge in [-0.3, -0.25) is 9.80 Å². The van der Waals surface area contributed by atoms with Crippen LogP contribution < -0.4 is 5.32 Å². The molecule has 1 unspecified atom stereocenters. The van der Waals surface area contributed by atoms with Crippen LogP contribution in [-0.2, 0) is 0 Å². The van der Waals surface area contributed by atoms with Crippen molar-refractivity contribution < 1.29 is 0 Å². The summed E-state index contributed by atoms with van der Waals surface area (Å²) in [6.07, 6.45) is 2.62. The van der Waals surface area contributed by atoms with Gasteiger partial charge in [-0.1, -0.05) is 6.92 Å². The molecule has 0 radical (unpaired) electrons. The third kappa shape index (κ3) is 2.58. The van der Waals surface area contributed by atoms with Gasteiger partial charge in [0.05, 0.1) is 0 Å². The first-order chi connectivity index (χ1) is 7.63. The van der Waals surface area contributed by atoms with E-state index in [0.29, 0.717) is 5.54 Å². The Morgan fingerprint density at radius 1 is 1.25 bits per heavy atom. The minimum Gasteiger partial charge on any atom is -0.314 e. The molecule has 0 aromatic heterocycles. The third-order valence-electron chi connectivity index (χ3n) is 4.18. The highest BCUT2D eigenvalue weighted by atomic mass is 15.3. The summed E-state index contributed by atoms with van der Waals surface area (Å²) in [5.41, 5.74) is 0.408. The van der Waals surface area contributed by atoms with Crippen molar-refractivity contribution in [2.45, 2.75) is 45.2 Å². The molecule has 1 atom stereocenters. The summed E-state index contributed by atoms with van der Waals surface area (Å²) in [6.45, 7) is 14.5. The second-order valence-electron chi connectivity index (χ2n) is 5.90. The molecule has 1 N–H and O–H groups in total. The number of likely N-dealkylation sites (tertiary alicyclic amines) is 1. The van der Waals surface area contributed by atoms with E-state index in [9.17, 15) is 0 Å². The summed E-state index contributed by atoms with van der Waals surface area (Å²) in [6, 6.07) is 0.795. The predicted molar refractivity (Wildman–Crippen MR) is 68.8 cm³/mol. The lowest BCUT2D eigenvalue weighted by Gasteiger charge is -2.32. The Morgan fingerprint density at radius 2 is 1.94 bits per heavy atom. The number of nitrogens with zero attached hydrogens (tertiary/aromatic N) is 2. The summed E-state index contributed by atoms with van der Waals surface area (Å²) in [4.78, 5) is 5.37. The number of rotatable bonds is 3. The van der Waals surface area contributed by atoms with Crippen molar-refractivity contribution in [3.63, 3.8) is 0 Å². The minimum atomic E-state index is 0.408. The summed E-state index contributed by atoms with van der Waals surface area (Å²) in [5.74, 6) is 0. The van der Waals surface area contributed by atoms with Crippen LogP contribution >= 0.6 is 0 Å². The van der Waals surface area contributed by atoms with Crippen LogP contribution in [0.1, 0.15) is 33.6 Å². The van der Waals surface area contributed by atoms with Crippen molar-refractivity contribution in [1.29, 1.82) is 0 Å². The summed E-state index contributed by atoms with van der Waals surface area (Å²) < 4.78 is 0. The Balaban J connectivity index is 1.93. The van der Waals surface area contributed by atoms with E-state index in [1.54, 1.807) is 0 Å². The molecule has 3 heteroatoms.